The molecule has 0 saturated carbocycles. The van der Waals surface area contributed by atoms with Crippen LogP contribution in [0.3, 0.4) is 0 Å². The van der Waals surface area contributed by atoms with Gasteiger partial charge in [0.05, 0.1) is 5.69 Å². The van der Waals surface area contributed by atoms with E-state index in [0.29, 0.717) is 33.3 Å². The lowest BCUT2D eigenvalue weighted by atomic mass is 10.2. The number of carboxylic acid groups (broad SMARTS) is 1. The van der Waals surface area contributed by atoms with Gasteiger partial charge in [0.25, 0.3) is 5.91 Å². The number of carbonyl (C=O) groups is 2. The first-order valence-electron chi connectivity index (χ1n) is 7.19. The van der Waals surface area contributed by atoms with Crippen molar-refractivity contribution in [3.8, 4) is 10.6 Å². The molecule has 128 valence electrons. The van der Waals surface area contributed by atoms with Gasteiger partial charge in [0.1, 0.15) is 21.7 Å². The molecule has 0 aliphatic carbocycles. The number of nitrogens with zero attached hydrogens (tertiary/aromatic N) is 1. The lowest BCUT2D eigenvalue weighted by Gasteiger charge is -2.13. The number of nitrogens with one attached hydrogen (secondary N) is 1. The van der Waals surface area contributed by atoms with Gasteiger partial charge in [0.2, 0.25) is 0 Å². The van der Waals surface area contributed by atoms with E-state index in [1.165, 1.54) is 17.8 Å². The molecule has 1 atom stereocenters. The first-order valence-corrected chi connectivity index (χ1v) is 9.40. The number of rotatable bonds is 7. The van der Waals surface area contributed by atoms with Crippen LogP contribution in [-0.2, 0) is 4.79 Å². The number of benzene rings is 1. The van der Waals surface area contributed by atoms with Crippen molar-refractivity contribution in [1.82, 2.24) is 10.3 Å². The molecule has 0 fully saturated rings. The second-order valence-corrected chi connectivity index (χ2v) is 7.04. The van der Waals surface area contributed by atoms with E-state index in [-0.39, 0.29) is 0 Å². The lowest BCUT2D eigenvalue weighted by molar-refractivity contribution is -0.139. The van der Waals surface area contributed by atoms with E-state index < -0.39 is 23.7 Å². The molecule has 0 aliphatic heterocycles. The number of amides is 1. The van der Waals surface area contributed by atoms with Crippen LogP contribution in [0.2, 0.25) is 0 Å². The minimum Gasteiger partial charge on any atom is -0.480 e. The molecule has 0 spiro atoms. The van der Waals surface area contributed by atoms with Crippen molar-refractivity contribution in [3.05, 3.63) is 40.7 Å². The quantitative estimate of drug-likeness (QED) is 0.785. The Morgan fingerprint density at radius 3 is 2.75 bits per heavy atom. The predicted octanol–water partition coefficient (Wildman–Crippen LogP) is 3.19. The average Bonchev–Trinajstić information content (AvgIpc) is 2.93. The highest BCUT2D eigenvalue weighted by Gasteiger charge is 2.23. The number of thiazole rings is 1. The van der Waals surface area contributed by atoms with Gasteiger partial charge in [-0.15, -0.1) is 11.3 Å². The Kier molecular flexibility index (Phi) is 6.33. The topological polar surface area (TPSA) is 79.3 Å². The van der Waals surface area contributed by atoms with E-state index in [4.69, 9.17) is 0 Å². The normalized spacial score (nSPS) is 12.0. The summed E-state index contributed by atoms with van der Waals surface area (Å²) in [5.74, 6) is -1.36. The van der Waals surface area contributed by atoms with Crippen LogP contribution in [0.1, 0.15) is 21.8 Å². The molecule has 24 heavy (non-hydrogen) atoms. The smallest absolute Gasteiger partial charge is 0.326 e. The van der Waals surface area contributed by atoms with E-state index in [1.54, 1.807) is 25.1 Å². The number of hydrogen-bond acceptors (Lipinski definition) is 5. The number of thioether (sulfide) groups is 1. The monoisotopic (exact) mass is 368 g/mol. The Labute approximate surface area is 147 Å². The number of hydrogen-bond donors (Lipinski definition) is 2. The minimum atomic E-state index is -1.08. The number of carboxylic acids is 1. The van der Waals surface area contributed by atoms with E-state index in [1.807, 2.05) is 6.26 Å². The van der Waals surface area contributed by atoms with Gasteiger partial charge in [-0.2, -0.15) is 11.8 Å². The fourth-order valence-corrected chi connectivity index (χ4v) is 3.54. The maximum absolute atomic E-state index is 13.9. The average molecular weight is 368 g/mol. The molecule has 0 aliphatic rings. The standard InChI is InChI=1S/C16H17FN2O3S2/c1-9-13(14(20)19-12(16(21)22)7-8-23-2)24-15(18-9)10-5-3-4-6-11(10)17/h3-6,12H,7-8H2,1-2H3,(H,19,20)(H,21,22). The third-order valence-electron chi connectivity index (χ3n) is 3.32. The van der Waals surface area contributed by atoms with E-state index in [2.05, 4.69) is 10.3 Å². The summed E-state index contributed by atoms with van der Waals surface area (Å²) in [7, 11) is 0. The second kappa shape index (κ2) is 8.25. The van der Waals surface area contributed by atoms with Gasteiger partial charge in [-0.25, -0.2) is 14.2 Å². The van der Waals surface area contributed by atoms with Crippen molar-refractivity contribution < 1.29 is 19.1 Å². The van der Waals surface area contributed by atoms with Gasteiger partial charge in [-0.05, 0) is 37.5 Å². The van der Waals surface area contributed by atoms with Crippen LogP contribution >= 0.6 is 23.1 Å². The number of aryl methyl sites for hydroxylation is 1. The zero-order valence-electron chi connectivity index (χ0n) is 13.2. The van der Waals surface area contributed by atoms with E-state index in [0.717, 1.165) is 11.3 Å². The summed E-state index contributed by atoms with van der Waals surface area (Å²) < 4.78 is 13.9. The Hall–Kier alpha value is -1.93. The van der Waals surface area contributed by atoms with Crippen molar-refractivity contribution >= 4 is 35.0 Å². The molecule has 1 heterocycles. The molecule has 2 N–H and O–H groups in total. The molecule has 5 nitrogen and oxygen atoms in total. The van der Waals surface area contributed by atoms with Crippen LogP contribution in [0.25, 0.3) is 10.6 Å². The van der Waals surface area contributed by atoms with Crippen LogP contribution in [0.5, 0.6) is 0 Å². The fourth-order valence-electron chi connectivity index (χ4n) is 2.07. The van der Waals surface area contributed by atoms with Crippen LogP contribution < -0.4 is 5.32 Å². The first-order chi connectivity index (χ1) is 11.4. The third kappa shape index (κ3) is 4.33. The van der Waals surface area contributed by atoms with E-state index >= 15 is 0 Å². The molecule has 0 bridgehead atoms. The predicted molar refractivity (Wildman–Crippen MR) is 94.1 cm³/mol. The van der Waals surface area contributed by atoms with Crippen molar-refractivity contribution in [1.29, 1.82) is 0 Å². The van der Waals surface area contributed by atoms with Crippen LogP contribution in [-0.4, -0.2) is 40.0 Å². The van der Waals surface area contributed by atoms with Crippen molar-refractivity contribution in [2.45, 2.75) is 19.4 Å². The highest BCUT2D eigenvalue weighted by molar-refractivity contribution is 7.98. The van der Waals surface area contributed by atoms with Gasteiger partial charge >= 0.3 is 5.97 Å². The summed E-state index contributed by atoms with van der Waals surface area (Å²) in [6.45, 7) is 1.65. The Balaban J connectivity index is 2.21. The minimum absolute atomic E-state index is 0.295. The van der Waals surface area contributed by atoms with Gasteiger partial charge in [-0.1, -0.05) is 12.1 Å². The summed E-state index contributed by atoms with van der Waals surface area (Å²) in [6.07, 6.45) is 2.20. The summed E-state index contributed by atoms with van der Waals surface area (Å²) >= 11 is 2.56. The van der Waals surface area contributed by atoms with Gasteiger partial charge in [-0.3, -0.25) is 4.79 Å². The lowest BCUT2D eigenvalue weighted by Crippen LogP contribution is -2.41. The maximum atomic E-state index is 13.9. The second-order valence-electron chi connectivity index (χ2n) is 5.06. The molecular weight excluding hydrogens is 351 g/mol. The van der Waals surface area contributed by atoms with Gasteiger partial charge < -0.3 is 10.4 Å². The maximum Gasteiger partial charge on any atom is 0.326 e. The summed E-state index contributed by atoms with van der Waals surface area (Å²) in [6, 6.07) is 5.24. The largest absolute Gasteiger partial charge is 0.480 e. The van der Waals surface area contributed by atoms with Crippen LogP contribution in [0.4, 0.5) is 4.39 Å². The number of carbonyl (C=O) groups excluding carboxylic acids is 1. The van der Waals surface area contributed by atoms with Crippen molar-refractivity contribution in [3.63, 3.8) is 0 Å². The van der Waals surface area contributed by atoms with Crippen LogP contribution in [0.15, 0.2) is 24.3 Å². The molecule has 1 amide bonds. The summed E-state index contributed by atoms with van der Waals surface area (Å²) in [4.78, 5) is 28.1. The molecule has 2 aromatic rings. The number of aromatic nitrogens is 1. The summed E-state index contributed by atoms with van der Waals surface area (Å²) in [5, 5.41) is 12.1. The zero-order valence-corrected chi connectivity index (χ0v) is 14.8. The first kappa shape index (κ1) is 18.4. The molecular formula is C16H17FN2O3S2. The van der Waals surface area contributed by atoms with Crippen molar-refractivity contribution in [2.24, 2.45) is 0 Å². The number of aliphatic carboxylic acids is 1. The molecule has 2 rings (SSSR count). The van der Waals surface area contributed by atoms with Gasteiger partial charge in [0, 0.05) is 5.56 Å². The van der Waals surface area contributed by atoms with Gasteiger partial charge in [0.15, 0.2) is 0 Å². The SMILES string of the molecule is CSCCC(NC(=O)c1sc(-c2ccccc2F)nc1C)C(=O)O. The Morgan fingerprint density at radius 1 is 1.42 bits per heavy atom. The van der Waals surface area contributed by atoms with Crippen molar-refractivity contribution in [2.75, 3.05) is 12.0 Å². The highest BCUT2D eigenvalue weighted by atomic mass is 32.2. The molecule has 1 aromatic heterocycles. The van der Waals surface area contributed by atoms with E-state index in [9.17, 15) is 19.1 Å². The molecule has 0 radical (unpaired) electrons. The zero-order chi connectivity index (χ0) is 17.7. The Morgan fingerprint density at radius 2 is 2.12 bits per heavy atom. The summed E-state index contributed by atoms with van der Waals surface area (Å²) in [5.41, 5.74) is 0.770. The molecule has 0 saturated heterocycles. The molecule has 1 unspecified atom stereocenters. The van der Waals surface area contributed by atoms with Crippen LogP contribution in [0, 0.1) is 12.7 Å². The molecule has 8 heteroatoms. The fraction of sp³-hybridized carbons (Fsp3) is 0.312. The third-order valence-corrected chi connectivity index (χ3v) is 5.15. The highest BCUT2D eigenvalue weighted by Crippen LogP contribution is 2.29. The molecule has 1 aromatic carbocycles. The number of halogens is 1. The Bertz CT molecular complexity index is 749.